The molecule has 0 amide bonds. The molecule has 0 atom stereocenters. The molecule has 1 aromatic heterocycles. The smallest absolute Gasteiger partial charge is 0.227 e. The van der Waals surface area contributed by atoms with Crippen molar-refractivity contribution < 1.29 is 0 Å². The second-order valence-electron chi connectivity index (χ2n) is 5.95. The van der Waals surface area contributed by atoms with Gasteiger partial charge in [0.1, 0.15) is 0 Å². The summed E-state index contributed by atoms with van der Waals surface area (Å²) in [6, 6.07) is 15.0. The van der Waals surface area contributed by atoms with E-state index in [4.69, 9.17) is 0 Å². The molecule has 3 rings (SSSR count). The Hall–Kier alpha value is -1.97. The minimum Gasteiger partial charge on any atom is -0.306 e. The number of benzene rings is 1. The highest BCUT2D eigenvalue weighted by Gasteiger charge is 2.33. The van der Waals surface area contributed by atoms with E-state index in [1.807, 2.05) is 18.3 Å². The number of aromatic nitrogens is 1. The second kappa shape index (κ2) is 6.86. The van der Waals surface area contributed by atoms with Gasteiger partial charge in [-0.25, -0.2) is 4.98 Å². The number of nitrogens with zero attached hydrogens (tertiary/aromatic N) is 2. The quantitative estimate of drug-likeness (QED) is 0.858. The van der Waals surface area contributed by atoms with E-state index in [0.717, 1.165) is 43.6 Å². The third-order valence-electron chi connectivity index (χ3n) is 4.61. The summed E-state index contributed by atoms with van der Waals surface area (Å²) in [4.78, 5) is 4.65. The number of pyridine rings is 1. The van der Waals surface area contributed by atoms with Crippen LogP contribution < -0.4 is 9.80 Å². The van der Waals surface area contributed by atoms with Gasteiger partial charge in [0.25, 0.3) is 0 Å². The zero-order valence-corrected chi connectivity index (χ0v) is 13.0. The molecule has 22 heavy (non-hydrogen) atoms. The average Bonchev–Trinajstić information content (AvgIpc) is 2.62. The standard InChI is InChI=1S/C19H24N3/c1-2-17-6-8-18(9-7-17)10-14-22(15-12-20-13-16-22)19-5-3-4-11-21-19/h2-9,11,20H,1,10,12-16H2/q+1. The van der Waals surface area contributed by atoms with Crippen LogP contribution in [0.3, 0.4) is 0 Å². The van der Waals surface area contributed by atoms with Crippen LogP contribution in [0, 0.1) is 0 Å². The van der Waals surface area contributed by atoms with Crippen LogP contribution in [0.25, 0.3) is 6.08 Å². The van der Waals surface area contributed by atoms with Crippen molar-refractivity contribution in [1.29, 1.82) is 0 Å². The number of hydrogen-bond acceptors (Lipinski definition) is 2. The molecule has 0 radical (unpaired) electrons. The van der Waals surface area contributed by atoms with Gasteiger partial charge in [-0.1, -0.05) is 43.0 Å². The van der Waals surface area contributed by atoms with Gasteiger partial charge in [-0.15, -0.1) is 0 Å². The Balaban J connectivity index is 1.77. The lowest BCUT2D eigenvalue weighted by atomic mass is 10.1. The van der Waals surface area contributed by atoms with Crippen LogP contribution in [-0.2, 0) is 6.42 Å². The molecule has 2 heterocycles. The fourth-order valence-electron chi connectivity index (χ4n) is 3.19. The van der Waals surface area contributed by atoms with Crippen molar-refractivity contribution in [2.75, 3.05) is 32.7 Å². The summed E-state index contributed by atoms with van der Waals surface area (Å²) in [7, 11) is 0. The van der Waals surface area contributed by atoms with Gasteiger partial charge in [-0.05, 0) is 17.2 Å². The van der Waals surface area contributed by atoms with E-state index in [-0.39, 0.29) is 0 Å². The molecule has 114 valence electrons. The van der Waals surface area contributed by atoms with E-state index in [9.17, 15) is 0 Å². The summed E-state index contributed by atoms with van der Waals surface area (Å²) >= 11 is 0. The Morgan fingerprint density at radius 1 is 1.09 bits per heavy atom. The lowest BCUT2D eigenvalue weighted by Gasteiger charge is -2.40. The normalized spacial score (nSPS) is 17.1. The molecule has 1 N–H and O–H groups in total. The number of nitrogens with one attached hydrogen (secondary N) is 1. The maximum atomic E-state index is 4.65. The van der Waals surface area contributed by atoms with Crippen LogP contribution >= 0.6 is 0 Å². The minimum absolute atomic E-state index is 0.983. The van der Waals surface area contributed by atoms with Gasteiger partial charge in [-0.2, -0.15) is 0 Å². The number of hydrogen-bond donors (Lipinski definition) is 1. The molecular formula is C19H24N3+. The number of quaternary nitrogens is 1. The van der Waals surface area contributed by atoms with Gasteiger partial charge < -0.3 is 5.32 Å². The predicted molar refractivity (Wildman–Crippen MR) is 93.7 cm³/mol. The van der Waals surface area contributed by atoms with Crippen molar-refractivity contribution in [1.82, 2.24) is 14.8 Å². The fraction of sp³-hybridized carbons (Fsp3) is 0.316. The molecule has 0 saturated carbocycles. The van der Waals surface area contributed by atoms with Crippen LogP contribution in [0.4, 0.5) is 5.82 Å². The predicted octanol–water partition coefficient (Wildman–Crippen LogP) is 2.88. The first-order valence-electron chi connectivity index (χ1n) is 8.02. The number of piperazine rings is 1. The van der Waals surface area contributed by atoms with Gasteiger partial charge >= 0.3 is 0 Å². The van der Waals surface area contributed by atoms with Crippen molar-refractivity contribution >= 4 is 11.9 Å². The topological polar surface area (TPSA) is 24.9 Å². The van der Waals surface area contributed by atoms with E-state index in [1.54, 1.807) is 0 Å². The van der Waals surface area contributed by atoms with Crippen LogP contribution in [0.1, 0.15) is 11.1 Å². The van der Waals surface area contributed by atoms with Crippen LogP contribution in [0.2, 0.25) is 0 Å². The van der Waals surface area contributed by atoms with Gasteiger partial charge in [0.15, 0.2) is 0 Å². The van der Waals surface area contributed by atoms with Gasteiger partial charge in [-0.3, -0.25) is 4.48 Å². The van der Waals surface area contributed by atoms with Crippen LogP contribution in [0.5, 0.6) is 0 Å². The molecular weight excluding hydrogens is 270 g/mol. The molecule has 1 aliphatic rings. The molecule has 3 heteroatoms. The highest BCUT2D eigenvalue weighted by atomic mass is 15.4. The summed E-state index contributed by atoms with van der Waals surface area (Å²) in [5.74, 6) is 1.20. The van der Waals surface area contributed by atoms with Gasteiger partial charge in [0, 0.05) is 31.8 Å². The first-order valence-corrected chi connectivity index (χ1v) is 8.02. The Morgan fingerprint density at radius 2 is 1.86 bits per heavy atom. The van der Waals surface area contributed by atoms with E-state index in [0.29, 0.717) is 0 Å². The van der Waals surface area contributed by atoms with E-state index >= 15 is 0 Å². The van der Waals surface area contributed by atoms with Crippen molar-refractivity contribution in [3.63, 3.8) is 0 Å². The molecule has 0 unspecified atom stereocenters. The molecule has 0 spiro atoms. The minimum atomic E-state index is 0.983. The van der Waals surface area contributed by atoms with Crippen LogP contribution in [-0.4, -0.2) is 37.7 Å². The van der Waals surface area contributed by atoms with Crippen LogP contribution in [0.15, 0.2) is 55.2 Å². The summed E-state index contributed by atoms with van der Waals surface area (Å²) in [6.07, 6.45) is 4.88. The summed E-state index contributed by atoms with van der Waals surface area (Å²) in [5, 5.41) is 3.47. The van der Waals surface area contributed by atoms with E-state index in [2.05, 4.69) is 53.3 Å². The summed E-state index contributed by atoms with van der Waals surface area (Å²) < 4.78 is 0.983. The van der Waals surface area contributed by atoms with Gasteiger partial charge in [0.2, 0.25) is 5.82 Å². The first-order chi connectivity index (χ1) is 10.8. The molecule has 1 aromatic carbocycles. The summed E-state index contributed by atoms with van der Waals surface area (Å²) in [5.41, 5.74) is 2.57. The molecule has 1 saturated heterocycles. The average molecular weight is 294 g/mol. The fourth-order valence-corrected chi connectivity index (χ4v) is 3.19. The van der Waals surface area contributed by atoms with Gasteiger partial charge in [0.05, 0.1) is 19.6 Å². The summed E-state index contributed by atoms with van der Waals surface area (Å²) in [6.45, 7) is 9.26. The van der Waals surface area contributed by atoms with E-state index in [1.165, 1.54) is 16.9 Å². The SMILES string of the molecule is C=Cc1ccc(CC[N+]2(c3ccccn3)CCNCC2)cc1. The van der Waals surface area contributed by atoms with E-state index < -0.39 is 0 Å². The second-order valence-corrected chi connectivity index (χ2v) is 5.95. The molecule has 2 aromatic rings. The van der Waals surface area contributed by atoms with Crippen molar-refractivity contribution in [3.05, 3.63) is 66.4 Å². The molecule has 3 nitrogen and oxygen atoms in total. The largest absolute Gasteiger partial charge is 0.306 e. The third-order valence-corrected chi connectivity index (χ3v) is 4.61. The molecule has 1 aliphatic heterocycles. The highest BCUT2D eigenvalue weighted by Crippen LogP contribution is 2.22. The highest BCUT2D eigenvalue weighted by molar-refractivity contribution is 5.47. The lowest BCUT2D eigenvalue weighted by Crippen LogP contribution is -2.61. The Morgan fingerprint density at radius 3 is 2.50 bits per heavy atom. The van der Waals surface area contributed by atoms with Crippen molar-refractivity contribution in [3.8, 4) is 0 Å². The lowest BCUT2D eigenvalue weighted by molar-refractivity contribution is 0.237. The first kappa shape index (κ1) is 14.9. The maximum Gasteiger partial charge on any atom is 0.227 e. The van der Waals surface area contributed by atoms with Crippen molar-refractivity contribution in [2.45, 2.75) is 6.42 Å². The zero-order chi connectivity index (χ0) is 15.3. The Bertz CT molecular complexity index is 598. The van der Waals surface area contributed by atoms with Crippen molar-refractivity contribution in [2.24, 2.45) is 0 Å². The molecule has 0 bridgehead atoms. The zero-order valence-electron chi connectivity index (χ0n) is 13.0. The maximum absolute atomic E-state index is 4.65. The third kappa shape index (κ3) is 3.26. The molecule has 0 aliphatic carbocycles. The molecule has 1 fully saturated rings. The number of rotatable bonds is 5. The monoisotopic (exact) mass is 294 g/mol. The Kier molecular flexibility index (Phi) is 4.66. The Labute approximate surface area is 132 Å².